The summed E-state index contributed by atoms with van der Waals surface area (Å²) in [6.45, 7) is 4.39. The van der Waals surface area contributed by atoms with Crippen LogP contribution in [0.15, 0.2) is 30.6 Å². The number of nitrogens with zero attached hydrogens (tertiary/aromatic N) is 2. The second kappa shape index (κ2) is 6.21. The molecule has 0 aliphatic rings. The number of amides is 1. The van der Waals surface area contributed by atoms with Crippen LogP contribution in [0.4, 0.5) is 11.5 Å². The summed E-state index contributed by atoms with van der Waals surface area (Å²) < 4.78 is 6.59. The third kappa shape index (κ3) is 3.09. The van der Waals surface area contributed by atoms with Gasteiger partial charge in [0, 0.05) is 10.4 Å². The summed E-state index contributed by atoms with van der Waals surface area (Å²) in [5, 5.41) is 3.26. The number of ether oxygens (including phenoxy) is 1. The van der Waals surface area contributed by atoms with Crippen molar-refractivity contribution < 1.29 is 9.53 Å². The van der Waals surface area contributed by atoms with Gasteiger partial charge in [-0.2, -0.15) is 0 Å². The van der Waals surface area contributed by atoms with Crippen molar-refractivity contribution in [1.29, 1.82) is 0 Å². The van der Waals surface area contributed by atoms with Gasteiger partial charge in [-0.25, -0.2) is 9.97 Å². The molecule has 0 bridgehead atoms. The van der Waals surface area contributed by atoms with Crippen LogP contribution in [0.3, 0.4) is 0 Å². The smallest absolute Gasteiger partial charge is 0.248 e. The van der Waals surface area contributed by atoms with Gasteiger partial charge in [0.05, 0.1) is 22.5 Å². The lowest BCUT2D eigenvalue weighted by Gasteiger charge is -2.13. The number of anilines is 2. The molecule has 2 aromatic heterocycles. The zero-order chi connectivity index (χ0) is 16.4. The summed E-state index contributed by atoms with van der Waals surface area (Å²) in [5.74, 6) is 0.778. The van der Waals surface area contributed by atoms with Crippen molar-refractivity contribution in [1.82, 2.24) is 9.97 Å². The zero-order valence-corrected chi connectivity index (χ0v) is 13.6. The monoisotopic (exact) mass is 328 g/mol. The van der Waals surface area contributed by atoms with E-state index in [-0.39, 0.29) is 0 Å². The van der Waals surface area contributed by atoms with Gasteiger partial charge in [-0.15, -0.1) is 11.3 Å². The summed E-state index contributed by atoms with van der Waals surface area (Å²) >= 11 is 1.62. The Labute approximate surface area is 137 Å². The van der Waals surface area contributed by atoms with Gasteiger partial charge < -0.3 is 15.8 Å². The van der Waals surface area contributed by atoms with E-state index in [1.807, 2.05) is 19.9 Å². The first kappa shape index (κ1) is 15.2. The Hall–Kier alpha value is -2.67. The highest BCUT2D eigenvalue weighted by molar-refractivity contribution is 7.19. The molecule has 0 aliphatic carbocycles. The van der Waals surface area contributed by atoms with Crippen molar-refractivity contribution in [2.24, 2.45) is 5.73 Å². The van der Waals surface area contributed by atoms with Crippen LogP contribution in [-0.4, -0.2) is 22.5 Å². The zero-order valence-electron chi connectivity index (χ0n) is 12.8. The van der Waals surface area contributed by atoms with E-state index >= 15 is 0 Å². The molecule has 7 heteroatoms. The second-order valence-electron chi connectivity index (χ2n) is 4.93. The Balaban J connectivity index is 2.02. The predicted molar refractivity (Wildman–Crippen MR) is 91.6 cm³/mol. The molecular weight excluding hydrogens is 312 g/mol. The van der Waals surface area contributed by atoms with Crippen LogP contribution in [0.2, 0.25) is 0 Å². The van der Waals surface area contributed by atoms with E-state index in [1.54, 1.807) is 29.5 Å². The van der Waals surface area contributed by atoms with Crippen LogP contribution in [0, 0.1) is 6.92 Å². The summed E-state index contributed by atoms with van der Waals surface area (Å²) in [6.07, 6.45) is 1.52. The quantitative estimate of drug-likeness (QED) is 0.750. The number of nitrogens with one attached hydrogen (secondary N) is 1. The molecule has 23 heavy (non-hydrogen) atoms. The highest BCUT2D eigenvalue weighted by atomic mass is 32.1. The van der Waals surface area contributed by atoms with Crippen molar-refractivity contribution in [3.8, 4) is 5.75 Å². The molecule has 0 spiro atoms. The maximum Gasteiger partial charge on any atom is 0.248 e. The third-order valence-electron chi connectivity index (χ3n) is 3.25. The van der Waals surface area contributed by atoms with E-state index in [4.69, 9.17) is 10.5 Å². The molecule has 118 valence electrons. The largest absolute Gasteiger partial charge is 0.492 e. The summed E-state index contributed by atoms with van der Waals surface area (Å²) in [4.78, 5) is 21.1. The Morgan fingerprint density at radius 3 is 2.91 bits per heavy atom. The Bertz CT molecular complexity index is 876. The van der Waals surface area contributed by atoms with Gasteiger partial charge >= 0.3 is 0 Å². The molecule has 0 aliphatic heterocycles. The summed E-state index contributed by atoms with van der Waals surface area (Å²) in [5.41, 5.74) is 7.35. The number of carbonyl (C=O) groups excluding carboxylic acids is 1. The van der Waals surface area contributed by atoms with Crippen LogP contribution in [-0.2, 0) is 0 Å². The van der Waals surface area contributed by atoms with Crippen molar-refractivity contribution in [3.63, 3.8) is 0 Å². The van der Waals surface area contributed by atoms with Crippen molar-refractivity contribution in [3.05, 3.63) is 41.0 Å². The van der Waals surface area contributed by atoms with Crippen LogP contribution >= 0.6 is 11.3 Å². The molecule has 0 fully saturated rings. The molecular formula is C16H16N4O2S. The van der Waals surface area contributed by atoms with E-state index < -0.39 is 5.91 Å². The average molecular weight is 328 g/mol. The molecule has 1 aromatic carbocycles. The Morgan fingerprint density at radius 1 is 1.35 bits per heavy atom. The van der Waals surface area contributed by atoms with Crippen LogP contribution in [0.1, 0.15) is 22.2 Å². The number of benzene rings is 1. The highest BCUT2D eigenvalue weighted by Gasteiger charge is 2.12. The van der Waals surface area contributed by atoms with Crippen LogP contribution < -0.4 is 15.8 Å². The Kier molecular flexibility index (Phi) is 4.12. The average Bonchev–Trinajstić information content (AvgIpc) is 2.90. The lowest BCUT2D eigenvalue weighted by molar-refractivity contribution is 0.1000. The standard InChI is InChI=1S/C16H16N4O2S/c1-3-22-13-7-10(15(17)21)4-5-11(13)20-16-14-12(18-8-19-16)6-9(2)23-14/h4-8H,3H2,1-2H3,(H2,17,21)(H,18,19,20). The molecule has 0 radical (unpaired) electrons. The van der Waals surface area contributed by atoms with E-state index in [2.05, 4.69) is 15.3 Å². The van der Waals surface area contributed by atoms with Gasteiger partial charge in [0.1, 0.15) is 12.1 Å². The molecule has 1 amide bonds. The fourth-order valence-corrected chi connectivity index (χ4v) is 3.15. The minimum absolute atomic E-state index is 0.402. The van der Waals surface area contributed by atoms with Crippen molar-refractivity contribution in [2.45, 2.75) is 13.8 Å². The van der Waals surface area contributed by atoms with E-state index in [0.29, 0.717) is 23.7 Å². The molecule has 3 rings (SSSR count). The number of primary amides is 1. The molecule has 3 N–H and O–H groups in total. The molecule has 3 aromatic rings. The number of aryl methyl sites for hydroxylation is 1. The maximum absolute atomic E-state index is 11.3. The lowest BCUT2D eigenvalue weighted by Crippen LogP contribution is -2.11. The minimum atomic E-state index is -0.490. The van der Waals surface area contributed by atoms with E-state index in [0.717, 1.165) is 20.8 Å². The van der Waals surface area contributed by atoms with Gasteiger partial charge in [0.2, 0.25) is 5.91 Å². The first-order valence-corrected chi connectivity index (χ1v) is 7.95. The number of hydrogen-bond acceptors (Lipinski definition) is 6. The minimum Gasteiger partial charge on any atom is -0.492 e. The fraction of sp³-hybridized carbons (Fsp3) is 0.188. The number of aromatic nitrogens is 2. The van der Waals surface area contributed by atoms with Gasteiger partial charge in [-0.3, -0.25) is 4.79 Å². The fourth-order valence-electron chi connectivity index (χ4n) is 2.24. The van der Waals surface area contributed by atoms with E-state index in [9.17, 15) is 4.79 Å². The number of thiophene rings is 1. The van der Waals surface area contributed by atoms with Crippen LogP contribution in [0.25, 0.3) is 10.2 Å². The maximum atomic E-state index is 11.3. The number of rotatable bonds is 5. The number of fused-ring (bicyclic) bond motifs is 1. The molecule has 0 saturated carbocycles. The molecule has 2 heterocycles. The first-order valence-electron chi connectivity index (χ1n) is 7.13. The molecule has 6 nitrogen and oxygen atoms in total. The van der Waals surface area contributed by atoms with Crippen LogP contribution in [0.5, 0.6) is 5.75 Å². The third-order valence-corrected chi connectivity index (χ3v) is 4.30. The SMILES string of the molecule is CCOc1cc(C(N)=O)ccc1Nc1ncnc2cc(C)sc12. The summed E-state index contributed by atoms with van der Waals surface area (Å²) in [7, 11) is 0. The molecule has 0 atom stereocenters. The van der Waals surface area contributed by atoms with Crippen molar-refractivity contribution >= 4 is 39.0 Å². The second-order valence-corrected chi connectivity index (χ2v) is 6.18. The van der Waals surface area contributed by atoms with Crippen molar-refractivity contribution in [2.75, 3.05) is 11.9 Å². The predicted octanol–water partition coefficient (Wildman–Crippen LogP) is 3.24. The number of hydrogen-bond donors (Lipinski definition) is 2. The van der Waals surface area contributed by atoms with Gasteiger partial charge in [0.25, 0.3) is 0 Å². The molecule has 0 unspecified atom stereocenters. The normalized spacial score (nSPS) is 10.7. The van der Waals surface area contributed by atoms with Gasteiger partial charge in [-0.05, 0) is 38.1 Å². The first-order chi connectivity index (χ1) is 11.1. The van der Waals surface area contributed by atoms with E-state index in [1.165, 1.54) is 6.33 Å². The highest BCUT2D eigenvalue weighted by Crippen LogP contribution is 2.33. The molecule has 0 saturated heterocycles. The van der Waals surface area contributed by atoms with Gasteiger partial charge in [-0.1, -0.05) is 0 Å². The topological polar surface area (TPSA) is 90.1 Å². The number of nitrogens with two attached hydrogens (primary N) is 1. The lowest BCUT2D eigenvalue weighted by atomic mass is 10.1. The summed E-state index contributed by atoms with van der Waals surface area (Å²) in [6, 6.07) is 7.07. The Morgan fingerprint density at radius 2 is 2.17 bits per heavy atom. The number of carbonyl (C=O) groups is 1. The van der Waals surface area contributed by atoms with Gasteiger partial charge in [0.15, 0.2) is 5.82 Å².